The van der Waals surface area contributed by atoms with Crippen molar-refractivity contribution in [2.45, 2.75) is 40.2 Å². The summed E-state index contributed by atoms with van der Waals surface area (Å²) in [5, 5.41) is 3.03. The summed E-state index contributed by atoms with van der Waals surface area (Å²) in [6, 6.07) is 4.25. The summed E-state index contributed by atoms with van der Waals surface area (Å²) < 4.78 is 45.4. The predicted octanol–water partition coefficient (Wildman–Crippen LogP) is 3.66. The average molecular weight is 425 g/mol. The van der Waals surface area contributed by atoms with E-state index in [1.54, 1.807) is 27.7 Å². The van der Waals surface area contributed by atoms with E-state index in [1.165, 1.54) is 25.3 Å². The van der Waals surface area contributed by atoms with Crippen LogP contribution in [0.5, 0.6) is 11.5 Å². The van der Waals surface area contributed by atoms with E-state index in [-0.39, 0.29) is 35.9 Å². The Balaban J connectivity index is 2.67. The van der Waals surface area contributed by atoms with Crippen LogP contribution >= 0.6 is 0 Å². The number of alkyl halides is 2. The zero-order valence-electron chi connectivity index (χ0n) is 17.5. The Labute approximate surface area is 173 Å². The lowest BCUT2D eigenvalue weighted by Crippen LogP contribution is -2.32. The summed E-state index contributed by atoms with van der Waals surface area (Å²) in [6.07, 6.45) is 0. The molecule has 0 radical (unpaired) electrons. The first kappa shape index (κ1) is 23.2. The lowest BCUT2D eigenvalue weighted by Gasteiger charge is -2.30. The van der Waals surface area contributed by atoms with Gasteiger partial charge < -0.3 is 24.3 Å². The van der Waals surface area contributed by atoms with Crippen LogP contribution in [0.2, 0.25) is 0 Å². The van der Waals surface area contributed by atoms with Crippen molar-refractivity contribution >= 4 is 11.9 Å². The molecule has 2 rings (SSSR count). The summed E-state index contributed by atoms with van der Waals surface area (Å²) in [7, 11) is 1.31. The molecule has 0 bridgehead atoms. The van der Waals surface area contributed by atoms with Crippen molar-refractivity contribution in [3.05, 3.63) is 46.3 Å². The van der Waals surface area contributed by atoms with E-state index in [0.29, 0.717) is 17.0 Å². The fourth-order valence-corrected chi connectivity index (χ4v) is 3.34. The van der Waals surface area contributed by atoms with Crippen LogP contribution in [-0.4, -0.2) is 38.9 Å². The summed E-state index contributed by atoms with van der Waals surface area (Å²) in [4.78, 5) is 25.5. The molecular formula is C21H25F2NO6. The van der Waals surface area contributed by atoms with E-state index in [4.69, 9.17) is 14.2 Å². The number of hydrogen-bond donors (Lipinski definition) is 1. The highest BCUT2D eigenvalue weighted by Gasteiger charge is 2.38. The van der Waals surface area contributed by atoms with Crippen molar-refractivity contribution in [3.63, 3.8) is 0 Å². The summed E-state index contributed by atoms with van der Waals surface area (Å²) >= 11 is 0. The Kier molecular flexibility index (Phi) is 7.79. The second kappa shape index (κ2) is 10.1. The van der Waals surface area contributed by atoms with Gasteiger partial charge in [-0.25, -0.2) is 9.59 Å². The summed E-state index contributed by atoms with van der Waals surface area (Å²) in [5.41, 5.74) is 1.91. The number of benzene rings is 1. The standard InChI is InChI=1S/C21H25F2NO6/c1-6-28-19(25)16-11(3)24-12(4)17(20(26)29-7-2)18(16)13-8-9-14(30-21(22)23)15(10-13)27-5/h8-10,18,21,24H,6-7H2,1-5H3. The fourth-order valence-electron chi connectivity index (χ4n) is 3.34. The molecule has 30 heavy (non-hydrogen) atoms. The van der Waals surface area contributed by atoms with Crippen molar-refractivity contribution in [2.75, 3.05) is 20.3 Å². The zero-order chi connectivity index (χ0) is 22.4. The fraction of sp³-hybridized carbons (Fsp3) is 0.429. The average Bonchev–Trinajstić information content (AvgIpc) is 2.67. The minimum atomic E-state index is -3.03. The van der Waals surface area contributed by atoms with Gasteiger partial charge in [0.1, 0.15) is 0 Å². The SMILES string of the molecule is CCOC(=O)C1=C(C)NC(C)=C(C(=O)OCC)C1c1ccc(OC(F)F)c(OC)c1. The van der Waals surface area contributed by atoms with Crippen LogP contribution in [0.4, 0.5) is 8.78 Å². The van der Waals surface area contributed by atoms with E-state index >= 15 is 0 Å². The molecule has 0 fully saturated rings. The van der Waals surface area contributed by atoms with Gasteiger partial charge in [0.2, 0.25) is 0 Å². The molecule has 7 nitrogen and oxygen atoms in total. The molecule has 0 aliphatic carbocycles. The minimum absolute atomic E-state index is 0.0352. The molecule has 1 aromatic rings. The van der Waals surface area contributed by atoms with Crippen LogP contribution in [0.15, 0.2) is 40.7 Å². The largest absolute Gasteiger partial charge is 0.493 e. The zero-order valence-corrected chi connectivity index (χ0v) is 17.5. The molecule has 0 saturated heterocycles. The molecule has 9 heteroatoms. The molecule has 1 heterocycles. The maximum atomic E-state index is 12.7. The van der Waals surface area contributed by atoms with E-state index in [0.717, 1.165) is 0 Å². The predicted molar refractivity (Wildman–Crippen MR) is 104 cm³/mol. The van der Waals surface area contributed by atoms with E-state index < -0.39 is 24.5 Å². The Morgan fingerprint density at radius 3 is 1.97 bits per heavy atom. The van der Waals surface area contributed by atoms with Crippen LogP contribution in [0.25, 0.3) is 0 Å². The normalized spacial score (nSPS) is 14.5. The highest BCUT2D eigenvalue weighted by Crippen LogP contribution is 2.42. The smallest absolute Gasteiger partial charge is 0.387 e. The van der Waals surface area contributed by atoms with Gasteiger partial charge in [-0.3, -0.25) is 0 Å². The molecule has 0 aromatic heterocycles. The molecule has 0 saturated carbocycles. The maximum Gasteiger partial charge on any atom is 0.387 e. The molecule has 0 atom stereocenters. The number of carbonyl (C=O) groups excluding carboxylic acids is 2. The molecule has 0 amide bonds. The van der Waals surface area contributed by atoms with Crippen molar-refractivity contribution in [2.24, 2.45) is 0 Å². The topological polar surface area (TPSA) is 83.1 Å². The Hall–Kier alpha value is -3.10. The second-order valence-electron chi connectivity index (χ2n) is 6.37. The van der Waals surface area contributed by atoms with Crippen molar-refractivity contribution in [1.82, 2.24) is 5.32 Å². The Morgan fingerprint density at radius 2 is 1.53 bits per heavy atom. The number of esters is 2. The molecule has 0 spiro atoms. The lowest BCUT2D eigenvalue weighted by atomic mass is 9.80. The van der Waals surface area contributed by atoms with Gasteiger partial charge in [0.25, 0.3) is 0 Å². The highest BCUT2D eigenvalue weighted by molar-refractivity contribution is 6.00. The molecule has 1 aromatic carbocycles. The Bertz CT molecular complexity index is 838. The van der Waals surface area contributed by atoms with Gasteiger partial charge in [-0.2, -0.15) is 8.78 Å². The highest BCUT2D eigenvalue weighted by atomic mass is 19.3. The van der Waals surface area contributed by atoms with Crippen LogP contribution < -0.4 is 14.8 Å². The van der Waals surface area contributed by atoms with E-state index in [2.05, 4.69) is 10.1 Å². The van der Waals surface area contributed by atoms with Gasteiger partial charge in [-0.1, -0.05) is 6.07 Å². The van der Waals surface area contributed by atoms with Crippen molar-refractivity contribution in [3.8, 4) is 11.5 Å². The summed E-state index contributed by atoms with van der Waals surface area (Å²) in [6.45, 7) is 3.98. The maximum absolute atomic E-state index is 12.7. The van der Waals surface area contributed by atoms with Crippen LogP contribution in [0, 0.1) is 0 Å². The number of dihydropyridines is 1. The quantitative estimate of drug-likeness (QED) is 0.637. The molecular weight excluding hydrogens is 400 g/mol. The monoisotopic (exact) mass is 425 g/mol. The third-order valence-electron chi connectivity index (χ3n) is 4.49. The molecule has 0 unspecified atom stereocenters. The van der Waals surface area contributed by atoms with Crippen molar-refractivity contribution < 1.29 is 37.3 Å². The number of nitrogens with one attached hydrogen (secondary N) is 1. The number of hydrogen-bond acceptors (Lipinski definition) is 7. The number of allylic oxidation sites excluding steroid dienone is 2. The number of halogens is 2. The van der Waals surface area contributed by atoms with Crippen LogP contribution in [0.1, 0.15) is 39.2 Å². The Morgan fingerprint density at radius 1 is 1.00 bits per heavy atom. The summed E-state index contributed by atoms with van der Waals surface area (Å²) in [5.74, 6) is -2.18. The van der Waals surface area contributed by atoms with Crippen LogP contribution in [-0.2, 0) is 19.1 Å². The minimum Gasteiger partial charge on any atom is -0.493 e. The van der Waals surface area contributed by atoms with Gasteiger partial charge in [-0.05, 0) is 45.4 Å². The lowest BCUT2D eigenvalue weighted by molar-refractivity contribution is -0.139. The molecule has 1 aliphatic rings. The first-order chi connectivity index (χ1) is 14.2. The number of rotatable bonds is 8. The van der Waals surface area contributed by atoms with Gasteiger partial charge >= 0.3 is 18.6 Å². The molecule has 164 valence electrons. The van der Waals surface area contributed by atoms with Gasteiger partial charge in [0, 0.05) is 11.4 Å². The van der Waals surface area contributed by atoms with Crippen molar-refractivity contribution in [1.29, 1.82) is 0 Å². The van der Waals surface area contributed by atoms with E-state index in [1.807, 2.05) is 0 Å². The third-order valence-corrected chi connectivity index (χ3v) is 4.49. The third kappa shape index (κ3) is 4.90. The second-order valence-corrected chi connectivity index (χ2v) is 6.37. The van der Waals surface area contributed by atoms with Gasteiger partial charge in [0.15, 0.2) is 11.5 Å². The number of carbonyl (C=O) groups is 2. The molecule has 1 aliphatic heterocycles. The number of methoxy groups -OCH3 is 1. The first-order valence-corrected chi connectivity index (χ1v) is 9.40. The molecule has 1 N–H and O–H groups in total. The van der Waals surface area contributed by atoms with Gasteiger partial charge in [0.05, 0.1) is 37.4 Å². The number of ether oxygens (including phenoxy) is 4. The van der Waals surface area contributed by atoms with E-state index in [9.17, 15) is 18.4 Å². The van der Waals surface area contributed by atoms with Crippen LogP contribution in [0.3, 0.4) is 0 Å². The first-order valence-electron chi connectivity index (χ1n) is 9.40. The van der Waals surface area contributed by atoms with Gasteiger partial charge in [-0.15, -0.1) is 0 Å².